The molecule has 1 aromatic heterocycles. The third kappa shape index (κ3) is 3.39. The van der Waals surface area contributed by atoms with Crippen LogP contribution in [0, 0.1) is 0 Å². The Bertz CT molecular complexity index is 978. The minimum absolute atomic E-state index is 0.0660. The summed E-state index contributed by atoms with van der Waals surface area (Å²) in [7, 11) is 4.41. The predicted octanol–water partition coefficient (Wildman–Crippen LogP) is 2.90. The van der Waals surface area contributed by atoms with E-state index in [-0.39, 0.29) is 17.3 Å². The maximum Gasteiger partial charge on any atom is 0.281 e. The molecule has 0 radical (unpaired) electrons. The Morgan fingerprint density at radius 3 is 2.26 bits per heavy atom. The highest BCUT2D eigenvalue weighted by molar-refractivity contribution is 6.33. The Hall–Kier alpha value is -3.26. The molecule has 3 aromatic rings. The molecule has 2 aromatic carbocycles. The Morgan fingerprint density at radius 1 is 1.07 bits per heavy atom. The number of nitrogen functional groups attached to an aromatic ring is 1. The molecule has 0 saturated carbocycles. The van der Waals surface area contributed by atoms with Gasteiger partial charge in [0, 0.05) is 11.1 Å². The minimum atomic E-state index is -0.502. The van der Waals surface area contributed by atoms with Crippen LogP contribution < -0.4 is 19.9 Å². The van der Waals surface area contributed by atoms with Crippen LogP contribution in [0.25, 0.3) is 11.4 Å². The van der Waals surface area contributed by atoms with Crippen LogP contribution in [-0.4, -0.2) is 42.0 Å². The average molecular weight is 389 g/mol. The lowest BCUT2D eigenvalue weighted by atomic mass is 10.1. The quantitative estimate of drug-likeness (QED) is 0.716. The molecule has 0 unspecified atom stereocenters. The Balaban J connectivity index is 2.06. The number of methoxy groups -OCH3 is 3. The Morgan fingerprint density at radius 2 is 1.70 bits per heavy atom. The Kier molecular flexibility index (Phi) is 5.18. The zero-order chi connectivity index (χ0) is 19.6. The van der Waals surface area contributed by atoms with E-state index in [1.807, 2.05) is 0 Å². The van der Waals surface area contributed by atoms with E-state index < -0.39 is 5.91 Å². The van der Waals surface area contributed by atoms with Crippen LogP contribution in [0.1, 0.15) is 10.4 Å². The van der Waals surface area contributed by atoms with Gasteiger partial charge in [0.15, 0.2) is 17.3 Å². The summed E-state index contributed by atoms with van der Waals surface area (Å²) in [6.45, 7) is 0. The van der Waals surface area contributed by atoms with Gasteiger partial charge in [-0.1, -0.05) is 23.7 Å². The lowest BCUT2D eigenvalue weighted by Gasteiger charge is -2.13. The van der Waals surface area contributed by atoms with Crippen molar-refractivity contribution in [3.8, 4) is 28.6 Å². The van der Waals surface area contributed by atoms with Crippen LogP contribution in [0.3, 0.4) is 0 Å². The molecule has 2 N–H and O–H groups in total. The van der Waals surface area contributed by atoms with Crippen LogP contribution in [0.4, 0.5) is 5.95 Å². The number of rotatable bonds is 5. The number of hydrogen-bond donors (Lipinski definition) is 1. The van der Waals surface area contributed by atoms with E-state index in [1.165, 1.54) is 33.5 Å². The molecule has 0 aliphatic carbocycles. The van der Waals surface area contributed by atoms with Gasteiger partial charge in [0.2, 0.25) is 11.7 Å². The van der Waals surface area contributed by atoms with Crippen molar-refractivity contribution in [2.24, 2.45) is 0 Å². The van der Waals surface area contributed by atoms with Gasteiger partial charge >= 0.3 is 0 Å². The van der Waals surface area contributed by atoms with E-state index in [9.17, 15) is 4.79 Å². The highest BCUT2D eigenvalue weighted by Crippen LogP contribution is 2.38. The van der Waals surface area contributed by atoms with E-state index in [1.54, 1.807) is 24.3 Å². The smallest absolute Gasteiger partial charge is 0.281 e. The van der Waals surface area contributed by atoms with Gasteiger partial charge in [-0.2, -0.15) is 9.67 Å². The van der Waals surface area contributed by atoms with Crippen LogP contribution in [0.15, 0.2) is 36.4 Å². The third-order valence-electron chi connectivity index (χ3n) is 3.85. The topological polar surface area (TPSA) is 101 Å². The molecule has 0 saturated heterocycles. The van der Waals surface area contributed by atoms with Gasteiger partial charge in [-0.25, -0.2) is 0 Å². The first-order chi connectivity index (χ1) is 13.0. The molecule has 3 rings (SSSR count). The standard InChI is InChI=1S/C18H17ClN4O4/c1-25-13-8-10(9-14(26-2)15(13)27-3)17(24)23-18(20)21-16(22-23)11-6-4-5-7-12(11)19/h4-9H,1-3H3,(H2,20,21,22). The minimum Gasteiger partial charge on any atom is -0.493 e. The molecule has 1 heterocycles. The van der Waals surface area contributed by atoms with Crippen LogP contribution >= 0.6 is 11.6 Å². The van der Waals surface area contributed by atoms with Crippen molar-refractivity contribution in [2.45, 2.75) is 0 Å². The summed E-state index contributed by atoms with van der Waals surface area (Å²) < 4.78 is 16.8. The number of aromatic nitrogens is 3. The summed E-state index contributed by atoms with van der Waals surface area (Å²) in [5.74, 6) is 0.732. The zero-order valence-corrected chi connectivity index (χ0v) is 15.6. The van der Waals surface area contributed by atoms with Gasteiger partial charge < -0.3 is 19.9 Å². The van der Waals surface area contributed by atoms with E-state index in [4.69, 9.17) is 31.5 Å². The SMILES string of the molecule is COc1cc(C(=O)n2nc(-c3ccccc3Cl)nc2N)cc(OC)c1OC. The molecule has 140 valence electrons. The number of halogens is 1. The molecule has 0 aliphatic rings. The van der Waals surface area contributed by atoms with Gasteiger partial charge in [-0.05, 0) is 24.3 Å². The summed E-state index contributed by atoms with van der Waals surface area (Å²) >= 11 is 6.17. The Labute approximate surface area is 160 Å². The maximum atomic E-state index is 12.9. The third-order valence-corrected chi connectivity index (χ3v) is 4.18. The molecule has 0 fully saturated rings. The van der Waals surface area contributed by atoms with Crippen LogP contribution in [-0.2, 0) is 0 Å². The number of carbonyl (C=O) groups is 1. The number of hydrogen-bond acceptors (Lipinski definition) is 7. The fourth-order valence-electron chi connectivity index (χ4n) is 2.56. The molecule has 9 heteroatoms. The van der Waals surface area contributed by atoms with Crippen molar-refractivity contribution in [1.29, 1.82) is 0 Å². The fourth-order valence-corrected chi connectivity index (χ4v) is 2.78. The molecular weight excluding hydrogens is 372 g/mol. The van der Waals surface area contributed by atoms with Crippen LogP contribution in [0.5, 0.6) is 17.2 Å². The molecule has 0 atom stereocenters. The molecule has 0 aliphatic heterocycles. The first kappa shape index (κ1) is 18.5. The summed E-state index contributed by atoms with van der Waals surface area (Å²) in [6, 6.07) is 10.0. The first-order valence-corrected chi connectivity index (χ1v) is 8.20. The lowest BCUT2D eigenvalue weighted by Crippen LogP contribution is -2.16. The number of anilines is 1. The molecule has 0 bridgehead atoms. The number of benzene rings is 2. The van der Waals surface area contributed by atoms with E-state index >= 15 is 0 Å². The van der Waals surface area contributed by atoms with Crippen molar-refractivity contribution in [2.75, 3.05) is 27.1 Å². The highest BCUT2D eigenvalue weighted by atomic mass is 35.5. The van der Waals surface area contributed by atoms with Gasteiger partial charge in [0.25, 0.3) is 5.91 Å². The molecular formula is C18H17ClN4O4. The second-order valence-electron chi connectivity index (χ2n) is 5.40. The predicted molar refractivity (Wildman–Crippen MR) is 101 cm³/mol. The second kappa shape index (κ2) is 7.55. The van der Waals surface area contributed by atoms with Gasteiger partial charge in [-0.3, -0.25) is 4.79 Å². The lowest BCUT2D eigenvalue weighted by molar-refractivity contribution is 0.0947. The van der Waals surface area contributed by atoms with Gasteiger partial charge in [-0.15, -0.1) is 5.10 Å². The summed E-state index contributed by atoms with van der Waals surface area (Å²) in [5, 5.41) is 4.66. The first-order valence-electron chi connectivity index (χ1n) is 7.82. The number of carbonyl (C=O) groups excluding carboxylic acids is 1. The maximum absolute atomic E-state index is 12.9. The number of ether oxygens (including phenoxy) is 3. The second-order valence-corrected chi connectivity index (χ2v) is 5.81. The van der Waals surface area contributed by atoms with E-state index in [0.29, 0.717) is 27.8 Å². The van der Waals surface area contributed by atoms with E-state index in [0.717, 1.165) is 4.68 Å². The zero-order valence-electron chi connectivity index (χ0n) is 14.9. The van der Waals surface area contributed by atoms with Crippen molar-refractivity contribution in [3.05, 3.63) is 47.0 Å². The number of nitrogens with two attached hydrogens (primary N) is 1. The fraction of sp³-hybridized carbons (Fsp3) is 0.167. The summed E-state index contributed by atoms with van der Waals surface area (Å²) in [6.07, 6.45) is 0. The van der Waals surface area contributed by atoms with E-state index in [2.05, 4.69) is 10.1 Å². The van der Waals surface area contributed by atoms with Crippen molar-refractivity contribution >= 4 is 23.5 Å². The number of nitrogens with zero attached hydrogens (tertiary/aromatic N) is 3. The van der Waals surface area contributed by atoms with Gasteiger partial charge in [0.1, 0.15) is 0 Å². The monoisotopic (exact) mass is 388 g/mol. The van der Waals surface area contributed by atoms with Crippen LogP contribution in [0.2, 0.25) is 5.02 Å². The normalized spacial score (nSPS) is 10.5. The van der Waals surface area contributed by atoms with Crippen molar-refractivity contribution < 1.29 is 19.0 Å². The summed E-state index contributed by atoms with van der Waals surface area (Å²) in [5.41, 5.74) is 6.72. The van der Waals surface area contributed by atoms with Crippen molar-refractivity contribution in [3.63, 3.8) is 0 Å². The van der Waals surface area contributed by atoms with Gasteiger partial charge in [0.05, 0.1) is 26.4 Å². The average Bonchev–Trinajstić information content (AvgIpc) is 3.07. The van der Waals surface area contributed by atoms with Crippen molar-refractivity contribution in [1.82, 2.24) is 14.8 Å². The molecule has 8 nitrogen and oxygen atoms in total. The molecule has 0 amide bonds. The highest BCUT2D eigenvalue weighted by Gasteiger charge is 2.22. The molecule has 27 heavy (non-hydrogen) atoms. The molecule has 0 spiro atoms. The summed E-state index contributed by atoms with van der Waals surface area (Å²) in [4.78, 5) is 17.1. The largest absolute Gasteiger partial charge is 0.493 e.